The number of carbonyl (C=O) groups excluding carboxylic acids is 1. The molecule has 162 valence electrons. The van der Waals surface area contributed by atoms with E-state index < -0.39 is 0 Å². The van der Waals surface area contributed by atoms with E-state index in [9.17, 15) is 4.79 Å². The predicted octanol–water partition coefficient (Wildman–Crippen LogP) is 6.07. The number of carbonyl (C=O) groups is 1. The number of unbranched alkanes of at least 4 members (excludes halogenated alkanes) is 3. The lowest BCUT2D eigenvalue weighted by molar-refractivity contribution is -0.123. The number of nitrogens with one attached hydrogen (secondary N) is 1. The SMILES string of the molecule is CC.CC(C)CCCCCCN1CCNCC1.CCC(=O)C1CCCCC1. The van der Waals surface area contributed by atoms with Gasteiger partial charge in [0.1, 0.15) is 5.78 Å². The van der Waals surface area contributed by atoms with Gasteiger partial charge in [-0.05, 0) is 31.7 Å². The van der Waals surface area contributed by atoms with Crippen LogP contribution in [0.5, 0.6) is 0 Å². The maximum Gasteiger partial charge on any atom is 0.135 e. The first-order chi connectivity index (χ1) is 13.1. The van der Waals surface area contributed by atoms with Gasteiger partial charge in [0.05, 0.1) is 0 Å². The van der Waals surface area contributed by atoms with Crippen molar-refractivity contribution in [1.29, 1.82) is 0 Å². The molecule has 0 bridgehead atoms. The number of rotatable bonds is 9. The Kier molecular flexibility index (Phi) is 18.6. The molecule has 2 aliphatic rings. The van der Waals surface area contributed by atoms with E-state index in [1.807, 2.05) is 20.8 Å². The monoisotopic (exact) mass is 382 g/mol. The molecule has 1 aliphatic heterocycles. The number of ketones is 1. The molecule has 1 heterocycles. The van der Waals surface area contributed by atoms with Gasteiger partial charge in [-0.25, -0.2) is 0 Å². The second-order valence-corrected chi connectivity index (χ2v) is 8.34. The second-order valence-electron chi connectivity index (χ2n) is 8.34. The highest BCUT2D eigenvalue weighted by atomic mass is 16.1. The zero-order valence-electron chi connectivity index (χ0n) is 19.3. The molecule has 0 atom stereocenters. The average molecular weight is 383 g/mol. The van der Waals surface area contributed by atoms with Crippen molar-refractivity contribution in [3.63, 3.8) is 0 Å². The smallest absolute Gasteiger partial charge is 0.135 e. The van der Waals surface area contributed by atoms with Gasteiger partial charge in [-0.15, -0.1) is 0 Å². The fraction of sp³-hybridized carbons (Fsp3) is 0.958. The first-order valence-corrected chi connectivity index (χ1v) is 12.1. The molecule has 0 amide bonds. The Morgan fingerprint density at radius 3 is 2.11 bits per heavy atom. The van der Waals surface area contributed by atoms with Gasteiger partial charge in [0, 0.05) is 38.5 Å². The van der Waals surface area contributed by atoms with Crippen LogP contribution in [0.15, 0.2) is 0 Å². The largest absolute Gasteiger partial charge is 0.314 e. The van der Waals surface area contributed by atoms with E-state index >= 15 is 0 Å². The highest BCUT2D eigenvalue weighted by Crippen LogP contribution is 2.24. The normalized spacial score (nSPS) is 18.3. The Bertz CT molecular complexity index is 318. The Balaban J connectivity index is 0.000000488. The van der Waals surface area contributed by atoms with Gasteiger partial charge in [-0.2, -0.15) is 0 Å². The zero-order valence-corrected chi connectivity index (χ0v) is 19.3. The maximum atomic E-state index is 11.2. The Morgan fingerprint density at radius 2 is 1.56 bits per heavy atom. The van der Waals surface area contributed by atoms with Crippen molar-refractivity contribution in [3.05, 3.63) is 0 Å². The standard InChI is InChI=1S/C13H28N2.C9H16O.C2H6/c1-13(2)7-5-3-4-6-10-15-11-8-14-9-12-15;1-2-9(10)8-6-4-3-5-7-8;1-2/h13-14H,3-12H2,1-2H3;8H,2-7H2,1H3;1-2H3. The van der Waals surface area contributed by atoms with Gasteiger partial charge in [0.25, 0.3) is 0 Å². The van der Waals surface area contributed by atoms with Crippen LogP contribution < -0.4 is 5.32 Å². The van der Waals surface area contributed by atoms with Crippen molar-refractivity contribution < 1.29 is 4.79 Å². The van der Waals surface area contributed by atoms with Crippen molar-refractivity contribution >= 4 is 5.78 Å². The summed E-state index contributed by atoms with van der Waals surface area (Å²) in [6.45, 7) is 16.8. The van der Waals surface area contributed by atoms with E-state index in [0.29, 0.717) is 11.7 Å². The van der Waals surface area contributed by atoms with Gasteiger partial charge >= 0.3 is 0 Å². The fourth-order valence-electron chi connectivity index (χ4n) is 3.89. The van der Waals surface area contributed by atoms with Crippen LogP contribution in [0, 0.1) is 11.8 Å². The molecule has 1 saturated heterocycles. The van der Waals surface area contributed by atoms with Crippen molar-refractivity contribution in [2.75, 3.05) is 32.7 Å². The summed E-state index contributed by atoms with van der Waals surface area (Å²) in [6.07, 6.45) is 14.1. The molecule has 3 heteroatoms. The zero-order chi connectivity index (χ0) is 20.3. The Hall–Kier alpha value is -0.410. The van der Waals surface area contributed by atoms with Crippen molar-refractivity contribution in [2.45, 2.75) is 105 Å². The minimum Gasteiger partial charge on any atom is -0.314 e. The summed E-state index contributed by atoms with van der Waals surface area (Å²) in [6, 6.07) is 0. The Labute approximate surface area is 171 Å². The molecule has 0 aromatic carbocycles. The highest BCUT2D eigenvalue weighted by Gasteiger charge is 2.18. The lowest BCUT2D eigenvalue weighted by Gasteiger charge is -2.27. The van der Waals surface area contributed by atoms with E-state index in [1.165, 1.54) is 84.1 Å². The fourth-order valence-corrected chi connectivity index (χ4v) is 3.89. The minimum absolute atomic E-state index is 0.429. The summed E-state index contributed by atoms with van der Waals surface area (Å²) in [4.78, 5) is 13.8. The molecular formula is C24H50N2O. The van der Waals surface area contributed by atoms with Gasteiger partial charge in [-0.1, -0.05) is 79.6 Å². The molecule has 0 aromatic heterocycles. The predicted molar refractivity (Wildman–Crippen MR) is 120 cm³/mol. The Morgan fingerprint density at radius 1 is 0.963 bits per heavy atom. The third-order valence-corrected chi connectivity index (χ3v) is 5.62. The highest BCUT2D eigenvalue weighted by molar-refractivity contribution is 5.80. The summed E-state index contributed by atoms with van der Waals surface area (Å²) >= 11 is 0. The van der Waals surface area contributed by atoms with E-state index in [0.717, 1.165) is 25.2 Å². The molecule has 2 rings (SSSR count). The lowest BCUT2D eigenvalue weighted by Crippen LogP contribution is -2.43. The summed E-state index contributed by atoms with van der Waals surface area (Å²) in [5.41, 5.74) is 0. The summed E-state index contributed by atoms with van der Waals surface area (Å²) in [5.74, 6) is 1.80. The molecule has 1 N–H and O–H groups in total. The van der Waals surface area contributed by atoms with Gasteiger partial charge in [0.2, 0.25) is 0 Å². The quantitative estimate of drug-likeness (QED) is 0.491. The summed E-state index contributed by atoms with van der Waals surface area (Å²) in [7, 11) is 0. The second kappa shape index (κ2) is 18.9. The molecule has 3 nitrogen and oxygen atoms in total. The number of hydrogen-bond donors (Lipinski definition) is 1. The molecule has 2 fully saturated rings. The number of nitrogens with zero attached hydrogens (tertiary/aromatic N) is 1. The van der Waals surface area contributed by atoms with Crippen molar-refractivity contribution in [3.8, 4) is 0 Å². The molecule has 0 spiro atoms. The van der Waals surface area contributed by atoms with Crippen LogP contribution >= 0.6 is 0 Å². The van der Waals surface area contributed by atoms with E-state index in [2.05, 4.69) is 24.1 Å². The molecule has 27 heavy (non-hydrogen) atoms. The van der Waals surface area contributed by atoms with Crippen LogP contribution in [0.3, 0.4) is 0 Å². The topological polar surface area (TPSA) is 32.3 Å². The number of piperazine rings is 1. The third-order valence-electron chi connectivity index (χ3n) is 5.62. The van der Waals surface area contributed by atoms with Crippen LogP contribution in [0.1, 0.15) is 105 Å². The third kappa shape index (κ3) is 15.2. The van der Waals surface area contributed by atoms with Crippen LogP contribution in [-0.2, 0) is 4.79 Å². The van der Waals surface area contributed by atoms with Crippen molar-refractivity contribution in [1.82, 2.24) is 10.2 Å². The van der Waals surface area contributed by atoms with Crippen molar-refractivity contribution in [2.24, 2.45) is 11.8 Å². The molecule has 0 radical (unpaired) electrons. The van der Waals surface area contributed by atoms with E-state index in [4.69, 9.17) is 0 Å². The minimum atomic E-state index is 0.429. The first kappa shape index (κ1) is 26.6. The molecule has 0 aromatic rings. The first-order valence-electron chi connectivity index (χ1n) is 12.1. The van der Waals surface area contributed by atoms with Crippen LogP contribution in [0.25, 0.3) is 0 Å². The van der Waals surface area contributed by atoms with Gasteiger partial charge in [0.15, 0.2) is 0 Å². The summed E-state index contributed by atoms with van der Waals surface area (Å²) in [5, 5.41) is 3.40. The van der Waals surface area contributed by atoms with Gasteiger partial charge < -0.3 is 10.2 Å². The number of Topliss-reactive ketones (excluding diaryl/α,β-unsaturated/α-hetero) is 1. The molecular weight excluding hydrogens is 332 g/mol. The average Bonchev–Trinajstić information content (AvgIpc) is 2.73. The maximum absolute atomic E-state index is 11.2. The van der Waals surface area contributed by atoms with E-state index in [-0.39, 0.29) is 0 Å². The van der Waals surface area contributed by atoms with E-state index in [1.54, 1.807) is 0 Å². The molecule has 0 unspecified atom stereocenters. The number of hydrogen-bond acceptors (Lipinski definition) is 3. The van der Waals surface area contributed by atoms with Gasteiger partial charge in [-0.3, -0.25) is 4.79 Å². The van der Waals surface area contributed by atoms with Crippen LogP contribution in [0.4, 0.5) is 0 Å². The van der Waals surface area contributed by atoms with Crippen LogP contribution in [-0.4, -0.2) is 43.4 Å². The molecule has 1 aliphatic carbocycles. The van der Waals surface area contributed by atoms with Crippen LogP contribution in [0.2, 0.25) is 0 Å². The summed E-state index contributed by atoms with van der Waals surface area (Å²) < 4.78 is 0. The molecule has 1 saturated carbocycles. The lowest BCUT2D eigenvalue weighted by atomic mass is 9.85.